The zero-order valence-corrected chi connectivity index (χ0v) is 12.4. The second-order valence-electron chi connectivity index (χ2n) is 5.32. The third-order valence-corrected chi connectivity index (χ3v) is 3.74. The molecule has 0 spiro atoms. The number of aromatic nitrogens is 4. The van der Waals surface area contributed by atoms with Crippen molar-refractivity contribution >= 4 is 17.0 Å². The Morgan fingerprint density at radius 2 is 1.57 bits per heavy atom. The van der Waals surface area contributed by atoms with Gasteiger partial charge in [0, 0.05) is 5.56 Å². The third kappa shape index (κ3) is 2.53. The first-order valence-electron chi connectivity index (χ1n) is 7.39. The highest BCUT2D eigenvalue weighted by Crippen LogP contribution is 2.26. The topological polar surface area (TPSA) is 69.6 Å². The SMILES string of the molecule is Nc1nc(-c2ccccc2)c2cnn(Cc3ccccc3)c2n1. The van der Waals surface area contributed by atoms with Crippen molar-refractivity contribution in [3.63, 3.8) is 0 Å². The summed E-state index contributed by atoms with van der Waals surface area (Å²) in [6, 6.07) is 20.1. The summed E-state index contributed by atoms with van der Waals surface area (Å²) < 4.78 is 1.86. The van der Waals surface area contributed by atoms with E-state index in [4.69, 9.17) is 5.73 Å². The molecular weight excluding hydrogens is 286 g/mol. The van der Waals surface area contributed by atoms with E-state index in [1.54, 1.807) is 6.20 Å². The van der Waals surface area contributed by atoms with E-state index >= 15 is 0 Å². The first-order valence-corrected chi connectivity index (χ1v) is 7.39. The number of benzene rings is 2. The minimum absolute atomic E-state index is 0.256. The van der Waals surface area contributed by atoms with Gasteiger partial charge >= 0.3 is 0 Å². The first-order chi connectivity index (χ1) is 11.3. The predicted octanol–water partition coefficient (Wildman–Crippen LogP) is 3.12. The van der Waals surface area contributed by atoms with Crippen LogP contribution in [0.1, 0.15) is 5.56 Å². The van der Waals surface area contributed by atoms with Crippen LogP contribution in [0, 0.1) is 0 Å². The lowest BCUT2D eigenvalue weighted by Gasteiger charge is -2.06. The van der Waals surface area contributed by atoms with Crippen LogP contribution in [0.15, 0.2) is 66.9 Å². The number of hydrogen-bond donors (Lipinski definition) is 1. The lowest BCUT2D eigenvalue weighted by atomic mass is 10.1. The summed E-state index contributed by atoms with van der Waals surface area (Å²) in [6.45, 7) is 0.648. The fraction of sp³-hybridized carbons (Fsp3) is 0.0556. The lowest BCUT2D eigenvalue weighted by molar-refractivity contribution is 0.704. The Bertz CT molecular complexity index is 945. The second-order valence-corrected chi connectivity index (χ2v) is 5.32. The van der Waals surface area contributed by atoms with Gasteiger partial charge in [0.15, 0.2) is 5.65 Å². The summed E-state index contributed by atoms with van der Waals surface area (Å²) in [5.41, 5.74) is 9.65. The molecule has 0 atom stereocenters. The molecule has 4 rings (SSSR count). The number of anilines is 1. The molecule has 4 aromatic rings. The van der Waals surface area contributed by atoms with Gasteiger partial charge in [0.1, 0.15) is 0 Å². The Morgan fingerprint density at radius 1 is 0.870 bits per heavy atom. The van der Waals surface area contributed by atoms with Crippen LogP contribution in [-0.2, 0) is 6.54 Å². The summed E-state index contributed by atoms with van der Waals surface area (Å²) in [6.07, 6.45) is 1.81. The normalized spacial score (nSPS) is 11.0. The van der Waals surface area contributed by atoms with E-state index < -0.39 is 0 Å². The van der Waals surface area contributed by atoms with Crippen molar-refractivity contribution in [1.82, 2.24) is 19.7 Å². The van der Waals surface area contributed by atoms with E-state index in [2.05, 4.69) is 27.2 Å². The van der Waals surface area contributed by atoms with Crippen molar-refractivity contribution in [2.75, 3.05) is 5.73 Å². The molecule has 0 bridgehead atoms. The van der Waals surface area contributed by atoms with Gasteiger partial charge in [-0.15, -0.1) is 0 Å². The molecule has 5 heteroatoms. The predicted molar refractivity (Wildman–Crippen MR) is 90.7 cm³/mol. The van der Waals surface area contributed by atoms with Crippen molar-refractivity contribution in [2.24, 2.45) is 0 Å². The van der Waals surface area contributed by atoms with Gasteiger partial charge in [-0.05, 0) is 5.56 Å². The average Bonchev–Trinajstić information content (AvgIpc) is 2.99. The van der Waals surface area contributed by atoms with E-state index in [0.717, 1.165) is 27.9 Å². The van der Waals surface area contributed by atoms with Gasteiger partial charge in [-0.1, -0.05) is 60.7 Å². The molecule has 0 aliphatic rings. The molecule has 0 aliphatic heterocycles. The first kappa shape index (κ1) is 13.5. The summed E-state index contributed by atoms with van der Waals surface area (Å²) in [5.74, 6) is 0.256. The molecule has 0 fully saturated rings. The van der Waals surface area contributed by atoms with Crippen LogP contribution in [0.2, 0.25) is 0 Å². The Balaban J connectivity index is 1.85. The highest BCUT2D eigenvalue weighted by atomic mass is 15.3. The smallest absolute Gasteiger partial charge is 0.222 e. The molecule has 112 valence electrons. The highest BCUT2D eigenvalue weighted by molar-refractivity contribution is 5.90. The molecule has 2 N–H and O–H groups in total. The molecule has 5 nitrogen and oxygen atoms in total. The van der Waals surface area contributed by atoms with Gasteiger partial charge < -0.3 is 5.73 Å². The number of nitrogen functional groups attached to an aromatic ring is 1. The monoisotopic (exact) mass is 301 g/mol. The molecule has 2 aromatic carbocycles. The van der Waals surface area contributed by atoms with Crippen molar-refractivity contribution in [3.8, 4) is 11.3 Å². The van der Waals surface area contributed by atoms with Gasteiger partial charge in [0.25, 0.3) is 0 Å². The van der Waals surface area contributed by atoms with Crippen molar-refractivity contribution in [3.05, 3.63) is 72.4 Å². The maximum absolute atomic E-state index is 5.92. The molecular formula is C18H15N5. The molecule has 2 aromatic heterocycles. The van der Waals surface area contributed by atoms with Crippen molar-refractivity contribution < 1.29 is 0 Å². The number of fused-ring (bicyclic) bond motifs is 1. The molecule has 0 amide bonds. The standard InChI is InChI=1S/C18H15N5/c19-18-21-16(14-9-5-2-6-10-14)15-11-20-23(17(15)22-18)12-13-7-3-1-4-8-13/h1-11H,12H2,(H2,19,21,22). The van der Waals surface area contributed by atoms with Crippen LogP contribution in [-0.4, -0.2) is 19.7 Å². The van der Waals surface area contributed by atoms with E-state index in [-0.39, 0.29) is 5.95 Å². The van der Waals surface area contributed by atoms with Crippen LogP contribution >= 0.6 is 0 Å². The van der Waals surface area contributed by atoms with E-state index in [9.17, 15) is 0 Å². The van der Waals surface area contributed by atoms with Gasteiger partial charge in [-0.2, -0.15) is 10.1 Å². The van der Waals surface area contributed by atoms with Crippen LogP contribution < -0.4 is 5.73 Å². The maximum atomic E-state index is 5.92. The summed E-state index contributed by atoms with van der Waals surface area (Å²) in [5, 5.41) is 5.38. The number of nitrogens with zero attached hydrogens (tertiary/aromatic N) is 4. The lowest BCUT2D eigenvalue weighted by Crippen LogP contribution is -2.05. The Morgan fingerprint density at radius 3 is 2.30 bits per heavy atom. The maximum Gasteiger partial charge on any atom is 0.222 e. The fourth-order valence-electron chi connectivity index (χ4n) is 2.66. The number of nitrogens with two attached hydrogens (primary N) is 1. The zero-order chi connectivity index (χ0) is 15.6. The Hall–Kier alpha value is -3.21. The minimum Gasteiger partial charge on any atom is -0.368 e. The third-order valence-electron chi connectivity index (χ3n) is 3.74. The number of rotatable bonds is 3. The Labute approximate surface area is 133 Å². The number of hydrogen-bond acceptors (Lipinski definition) is 4. The molecule has 0 radical (unpaired) electrons. The average molecular weight is 301 g/mol. The van der Waals surface area contributed by atoms with Gasteiger partial charge in [-0.25, -0.2) is 9.67 Å². The molecule has 0 aliphatic carbocycles. The van der Waals surface area contributed by atoms with E-state index in [1.807, 2.05) is 53.2 Å². The quantitative estimate of drug-likeness (QED) is 0.631. The van der Waals surface area contributed by atoms with Crippen LogP contribution in [0.3, 0.4) is 0 Å². The summed E-state index contributed by atoms with van der Waals surface area (Å²) in [4.78, 5) is 8.79. The fourth-order valence-corrected chi connectivity index (χ4v) is 2.66. The van der Waals surface area contributed by atoms with Crippen LogP contribution in [0.4, 0.5) is 5.95 Å². The minimum atomic E-state index is 0.256. The molecule has 2 heterocycles. The van der Waals surface area contributed by atoms with E-state index in [1.165, 1.54) is 0 Å². The van der Waals surface area contributed by atoms with E-state index in [0.29, 0.717) is 6.54 Å². The van der Waals surface area contributed by atoms with Gasteiger partial charge in [0.2, 0.25) is 5.95 Å². The van der Waals surface area contributed by atoms with Gasteiger partial charge in [-0.3, -0.25) is 0 Å². The zero-order valence-electron chi connectivity index (χ0n) is 12.4. The largest absolute Gasteiger partial charge is 0.368 e. The van der Waals surface area contributed by atoms with Crippen LogP contribution in [0.25, 0.3) is 22.3 Å². The van der Waals surface area contributed by atoms with Crippen LogP contribution in [0.5, 0.6) is 0 Å². The molecule has 0 saturated carbocycles. The summed E-state index contributed by atoms with van der Waals surface area (Å²) in [7, 11) is 0. The van der Waals surface area contributed by atoms with Crippen molar-refractivity contribution in [2.45, 2.75) is 6.54 Å². The van der Waals surface area contributed by atoms with Gasteiger partial charge in [0.05, 0.1) is 23.8 Å². The molecule has 0 saturated heterocycles. The van der Waals surface area contributed by atoms with Crippen molar-refractivity contribution in [1.29, 1.82) is 0 Å². The molecule has 0 unspecified atom stereocenters. The molecule has 23 heavy (non-hydrogen) atoms. The highest BCUT2D eigenvalue weighted by Gasteiger charge is 2.13. The summed E-state index contributed by atoms with van der Waals surface area (Å²) >= 11 is 0. The Kier molecular flexibility index (Phi) is 3.24. The second kappa shape index (κ2) is 5.53.